The van der Waals surface area contributed by atoms with Crippen molar-refractivity contribution in [3.05, 3.63) is 35.4 Å². The van der Waals surface area contributed by atoms with Crippen LogP contribution >= 0.6 is 0 Å². The molecule has 0 unspecified atom stereocenters. The second-order valence-corrected chi connectivity index (χ2v) is 5.89. The second kappa shape index (κ2) is 7.25. The van der Waals surface area contributed by atoms with Gasteiger partial charge in [0.1, 0.15) is 0 Å². The first kappa shape index (κ1) is 15.5. The summed E-state index contributed by atoms with van der Waals surface area (Å²) in [7, 11) is 0. The maximum absolute atomic E-state index is 12.0. The number of carbonyl (C=O) groups is 2. The minimum Gasteiger partial charge on any atom is -0.481 e. The van der Waals surface area contributed by atoms with Gasteiger partial charge in [0.25, 0.3) is 0 Å². The van der Waals surface area contributed by atoms with E-state index in [1.165, 1.54) is 0 Å². The van der Waals surface area contributed by atoms with E-state index in [2.05, 4.69) is 5.32 Å². The summed E-state index contributed by atoms with van der Waals surface area (Å²) in [5, 5.41) is 12.2. The molecule has 1 amide bonds. The number of carbonyl (C=O) groups excluding carboxylic acids is 1. The zero-order valence-corrected chi connectivity index (χ0v) is 12.5. The maximum Gasteiger partial charge on any atom is 0.308 e. The Morgan fingerprint density at radius 1 is 1.29 bits per heavy atom. The molecule has 0 spiro atoms. The van der Waals surface area contributed by atoms with E-state index in [1.54, 1.807) is 0 Å². The highest BCUT2D eigenvalue weighted by Crippen LogP contribution is 2.24. The third-order valence-corrected chi connectivity index (χ3v) is 4.33. The largest absolute Gasteiger partial charge is 0.481 e. The van der Waals surface area contributed by atoms with Gasteiger partial charge in [-0.3, -0.25) is 9.59 Å². The zero-order chi connectivity index (χ0) is 15.2. The van der Waals surface area contributed by atoms with Crippen molar-refractivity contribution < 1.29 is 14.7 Å². The molecular weight excluding hydrogens is 266 g/mol. The highest BCUT2D eigenvalue weighted by atomic mass is 16.4. The lowest BCUT2D eigenvalue weighted by atomic mass is 9.96. The van der Waals surface area contributed by atoms with Crippen LogP contribution in [-0.2, 0) is 16.0 Å². The van der Waals surface area contributed by atoms with E-state index in [0.717, 1.165) is 36.8 Å². The quantitative estimate of drug-likeness (QED) is 0.845. The molecule has 1 aromatic rings. The van der Waals surface area contributed by atoms with E-state index in [9.17, 15) is 14.7 Å². The zero-order valence-electron chi connectivity index (χ0n) is 12.5. The summed E-state index contributed by atoms with van der Waals surface area (Å²) in [6.07, 6.45) is 4.52. The number of hydrogen-bond donors (Lipinski definition) is 2. The van der Waals surface area contributed by atoms with Gasteiger partial charge in [0.05, 0.1) is 5.92 Å². The normalized spacial score (nSPS) is 16.6. The summed E-state index contributed by atoms with van der Waals surface area (Å²) in [5.41, 5.74) is 2.12. The van der Waals surface area contributed by atoms with Crippen molar-refractivity contribution in [2.45, 2.75) is 39.0 Å². The summed E-state index contributed by atoms with van der Waals surface area (Å²) < 4.78 is 0. The molecule has 0 aromatic heterocycles. The summed E-state index contributed by atoms with van der Waals surface area (Å²) >= 11 is 0. The summed E-state index contributed by atoms with van der Waals surface area (Å²) in [6.45, 7) is 2.18. The first-order valence-corrected chi connectivity index (χ1v) is 7.63. The Morgan fingerprint density at radius 2 is 1.95 bits per heavy atom. The lowest BCUT2D eigenvalue weighted by molar-refractivity contribution is -0.141. The number of nitrogens with one attached hydrogen (secondary N) is 1. The van der Waals surface area contributed by atoms with Crippen LogP contribution in [0.5, 0.6) is 0 Å². The fourth-order valence-electron chi connectivity index (χ4n) is 2.91. The van der Waals surface area contributed by atoms with Crippen LogP contribution in [0.25, 0.3) is 0 Å². The first-order valence-electron chi connectivity index (χ1n) is 7.63. The summed E-state index contributed by atoms with van der Waals surface area (Å²) in [6, 6.07) is 7.78. The van der Waals surface area contributed by atoms with Crippen LogP contribution in [-0.4, -0.2) is 23.5 Å². The SMILES string of the molecule is Cc1ccccc1C[C@H](CNC(=O)C1CCCC1)C(=O)O. The Labute approximate surface area is 125 Å². The van der Waals surface area contributed by atoms with Crippen molar-refractivity contribution in [3.63, 3.8) is 0 Å². The number of aryl methyl sites for hydroxylation is 1. The number of hydrogen-bond acceptors (Lipinski definition) is 2. The lowest BCUT2D eigenvalue weighted by Crippen LogP contribution is -2.37. The first-order chi connectivity index (χ1) is 10.1. The van der Waals surface area contributed by atoms with Gasteiger partial charge in [-0.2, -0.15) is 0 Å². The number of carboxylic acid groups (broad SMARTS) is 1. The van der Waals surface area contributed by atoms with Crippen molar-refractivity contribution >= 4 is 11.9 Å². The topological polar surface area (TPSA) is 66.4 Å². The Bertz CT molecular complexity index is 507. The van der Waals surface area contributed by atoms with Crippen LogP contribution < -0.4 is 5.32 Å². The molecule has 1 fully saturated rings. The van der Waals surface area contributed by atoms with E-state index in [-0.39, 0.29) is 18.4 Å². The van der Waals surface area contributed by atoms with Crippen molar-refractivity contribution in [3.8, 4) is 0 Å². The highest BCUT2D eigenvalue weighted by molar-refractivity contribution is 5.79. The minimum absolute atomic E-state index is 0.0172. The van der Waals surface area contributed by atoms with Gasteiger partial charge < -0.3 is 10.4 Å². The van der Waals surface area contributed by atoms with Gasteiger partial charge in [0.2, 0.25) is 5.91 Å². The predicted molar refractivity (Wildman–Crippen MR) is 81.0 cm³/mol. The number of carboxylic acids is 1. The Balaban J connectivity index is 1.92. The molecule has 4 nitrogen and oxygen atoms in total. The van der Waals surface area contributed by atoms with Gasteiger partial charge >= 0.3 is 5.97 Å². The molecule has 21 heavy (non-hydrogen) atoms. The number of benzene rings is 1. The average molecular weight is 289 g/mol. The monoisotopic (exact) mass is 289 g/mol. The van der Waals surface area contributed by atoms with Crippen LogP contribution in [0.1, 0.15) is 36.8 Å². The molecule has 4 heteroatoms. The Hall–Kier alpha value is -1.84. The number of rotatable bonds is 6. The molecule has 2 N–H and O–H groups in total. The second-order valence-electron chi connectivity index (χ2n) is 5.89. The average Bonchev–Trinajstić information content (AvgIpc) is 2.99. The van der Waals surface area contributed by atoms with Gasteiger partial charge in [-0.05, 0) is 37.3 Å². The van der Waals surface area contributed by atoms with Gasteiger partial charge in [0, 0.05) is 12.5 Å². The number of amides is 1. The fraction of sp³-hybridized carbons (Fsp3) is 0.529. The summed E-state index contributed by atoms with van der Waals surface area (Å²) in [4.78, 5) is 23.4. The van der Waals surface area contributed by atoms with Gasteiger partial charge in [-0.15, -0.1) is 0 Å². The predicted octanol–water partition coefficient (Wildman–Crippen LogP) is 2.54. The standard InChI is InChI=1S/C17H23NO3/c1-12-6-2-3-9-14(12)10-15(17(20)21)11-18-16(19)13-7-4-5-8-13/h2-3,6,9,13,15H,4-5,7-8,10-11H2,1H3,(H,18,19)(H,20,21)/t15-/m1/s1. The molecule has 1 atom stereocenters. The van der Waals surface area contributed by atoms with Gasteiger partial charge in [-0.1, -0.05) is 37.1 Å². The van der Waals surface area contributed by atoms with Crippen molar-refractivity contribution in [1.29, 1.82) is 0 Å². The van der Waals surface area contributed by atoms with E-state index in [0.29, 0.717) is 6.42 Å². The highest BCUT2D eigenvalue weighted by Gasteiger charge is 2.25. The minimum atomic E-state index is -0.857. The lowest BCUT2D eigenvalue weighted by Gasteiger charge is -2.16. The molecule has 0 aliphatic heterocycles. The summed E-state index contributed by atoms with van der Waals surface area (Å²) in [5.74, 6) is -1.33. The molecule has 0 bridgehead atoms. The van der Waals surface area contributed by atoms with Crippen molar-refractivity contribution in [2.24, 2.45) is 11.8 Å². The van der Waals surface area contributed by atoms with E-state index in [4.69, 9.17) is 0 Å². The van der Waals surface area contributed by atoms with E-state index >= 15 is 0 Å². The molecule has 0 radical (unpaired) electrons. The third-order valence-electron chi connectivity index (χ3n) is 4.33. The van der Waals surface area contributed by atoms with Crippen molar-refractivity contribution in [1.82, 2.24) is 5.32 Å². The molecule has 0 saturated heterocycles. The third kappa shape index (κ3) is 4.31. The van der Waals surface area contributed by atoms with Crippen LogP contribution in [0.3, 0.4) is 0 Å². The molecule has 114 valence electrons. The molecule has 1 aliphatic rings. The molecule has 1 aromatic carbocycles. The van der Waals surface area contributed by atoms with Gasteiger partial charge in [0.15, 0.2) is 0 Å². The van der Waals surface area contributed by atoms with Crippen LogP contribution in [0, 0.1) is 18.8 Å². The smallest absolute Gasteiger partial charge is 0.308 e. The van der Waals surface area contributed by atoms with E-state index < -0.39 is 11.9 Å². The molecule has 1 saturated carbocycles. The maximum atomic E-state index is 12.0. The molecule has 2 rings (SSSR count). The van der Waals surface area contributed by atoms with Crippen LogP contribution in [0.4, 0.5) is 0 Å². The fourth-order valence-corrected chi connectivity index (χ4v) is 2.91. The number of aliphatic carboxylic acids is 1. The Kier molecular flexibility index (Phi) is 5.37. The molecule has 0 heterocycles. The van der Waals surface area contributed by atoms with E-state index in [1.807, 2.05) is 31.2 Å². The van der Waals surface area contributed by atoms with Gasteiger partial charge in [-0.25, -0.2) is 0 Å². The Morgan fingerprint density at radius 3 is 2.57 bits per heavy atom. The van der Waals surface area contributed by atoms with Crippen LogP contribution in [0.2, 0.25) is 0 Å². The molecular formula is C17H23NO3. The molecule has 1 aliphatic carbocycles. The van der Waals surface area contributed by atoms with Crippen molar-refractivity contribution in [2.75, 3.05) is 6.54 Å². The van der Waals surface area contributed by atoms with Crippen LogP contribution in [0.15, 0.2) is 24.3 Å².